The molecule has 0 bridgehead atoms. The van der Waals surface area contributed by atoms with Gasteiger partial charge in [0.25, 0.3) is 0 Å². The molecule has 5 nitrogen and oxygen atoms in total. The third kappa shape index (κ3) is 2.61. The monoisotopic (exact) mass is 273 g/mol. The van der Waals surface area contributed by atoms with Gasteiger partial charge >= 0.3 is 0 Å². The molecule has 3 heterocycles. The van der Waals surface area contributed by atoms with Crippen molar-refractivity contribution < 1.29 is 9.21 Å². The SMILES string of the molecule is Cc1nccn1CC1CCCN1C(=O)Cc1ccoc1. The number of carbonyl (C=O) groups excluding carboxylic acids is 1. The summed E-state index contributed by atoms with van der Waals surface area (Å²) >= 11 is 0. The molecule has 0 saturated carbocycles. The van der Waals surface area contributed by atoms with Crippen molar-refractivity contribution in [2.45, 2.75) is 38.8 Å². The van der Waals surface area contributed by atoms with Crippen LogP contribution in [0, 0.1) is 6.92 Å². The maximum absolute atomic E-state index is 12.4. The Bertz CT molecular complexity index is 574. The first kappa shape index (κ1) is 13.0. The largest absolute Gasteiger partial charge is 0.472 e. The van der Waals surface area contributed by atoms with Crippen LogP contribution < -0.4 is 0 Å². The minimum Gasteiger partial charge on any atom is -0.472 e. The van der Waals surface area contributed by atoms with E-state index in [9.17, 15) is 4.79 Å². The Hall–Kier alpha value is -2.04. The van der Waals surface area contributed by atoms with Gasteiger partial charge in [-0.15, -0.1) is 0 Å². The van der Waals surface area contributed by atoms with Crippen LogP contribution in [0.3, 0.4) is 0 Å². The van der Waals surface area contributed by atoms with Crippen molar-refractivity contribution in [2.75, 3.05) is 6.54 Å². The molecule has 1 saturated heterocycles. The van der Waals surface area contributed by atoms with Gasteiger partial charge in [0.1, 0.15) is 5.82 Å². The number of imidazole rings is 1. The molecule has 3 rings (SSSR count). The molecule has 2 aromatic rings. The van der Waals surface area contributed by atoms with Crippen LogP contribution in [-0.2, 0) is 17.8 Å². The van der Waals surface area contributed by atoms with Crippen LogP contribution in [0.2, 0.25) is 0 Å². The number of aryl methyl sites for hydroxylation is 1. The molecule has 1 atom stereocenters. The fraction of sp³-hybridized carbons (Fsp3) is 0.467. The lowest BCUT2D eigenvalue weighted by Crippen LogP contribution is -2.39. The van der Waals surface area contributed by atoms with E-state index in [1.165, 1.54) is 0 Å². The van der Waals surface area contributed by atoms with E-state index in [2.05, 4.69) is 9.55 Å². The van der Waals surface area contributed by atoms with E-state index < -0.39 is 0 Å². The summed E-state index contributed by atoms with van der Waals surface area (Å²) in [5.41, 5.74) is 0.944. The highest BCUT2D eigenvalue weighted by atomic mass is 16.3. The number of hydrogen-bond donors (Lipinski definition) is 0. The highest BCUT2D eigenvalue weighted by Crippen LogP contribution is 2.20. The Morgan fingerprint density at radius 3 is 3.15 bits per heavy atom. The Balaban J connectivity index is 1.66. The van der Waals surface area contributed by atoms with E-state index in [4.69, 9.17) is 4.42 Å². The number of hydrogen-bond acceptors (Lipinski definition) is 3. The van der Waals surface area contributed by atoms with Gasteiger partial charge in [0.2, 0.25) is 5.91 Å². The molecular weight excluding hydrogens is 254 g/mol. The lowest BCUT2D eigenvalue weighted by Gasteiger charge is -2.25. The zero-order valence-electron chi connectivity index (χ0n) is 11.7. The van der Waals surface area contributed by atoms with E-state index in [1.54, 1.807) is 12.5 Å². The van der Waals surface area contributed by atoms with Crippen molar-refractivity contribution in [3.8, 4) is 0 Å². The number of amides is 1. The number of carbonyl (C=O) groups is 1. The molecule has 2 aromatic heterocycles. The second-order valence-corrected chi connectivity index (χ2v) is 5.32. The number of aromatic nitrogens is 2. The molecule has 20 heavy (non-hydrogen) atoms. The molecule has 0 radical (unpaired) electrons. The molecular formula is C15H19N3O2. The molecule has 5 heteroatoms. The van der Waals surface area contributed by atoms with Crippen molar-refractivity contribution in [1.29, 1.82) is 0 Å². The van der Waals surface area contributed by atoms with Crippen LogP contribution in [0.5, 0.6) is 0 Å². The van der Waals surface area contributed by atoms with E-state index in [0.717, 1.165) is 37.3 Å². The summed E-state index contributed by atoms with van der Waals surface area (Å²) in [4.78, 5) is 18.6. The first-order valence-electron chi connectivity index (χ1n) is 7.02. The highest BCUT2D eigenvalue weighted by molar-refractivity contribution is 5.79. The van der Waals surface area contributed by atoms with Crippen LogP contribution in [0.4, 0.5) is 0 Å². The van der Waals surface area contributed by atoms with Gasteiger partial charge in [-0.3, -0.25) is 4.79 Å². The van der Waals surface area contributed by atoms with Crippen molar-refractivity contribution in [3.63, 3.8) is 0 Å². The molecule has 0 N–H and O–H groups in total. The topological polar surface area (TPSA) is 51.3 Å². The van der Waals surface area contributed by atoms with Crippen LogP contribution in [0.15, 0.2) is 35.4 Å². The van der Waals surface area contributed by atoms with Crippen LogP contribution in [-0.4, -0.2) is 32.9 Å². The number of nitrogens with zero attached hydrogens (tertiary/aromatic N) is 3. The van der Waals surface area contributed by atoms with Gasteiger partial charge in [-0.05, 0) is 31.4 Å². The van der Waals surface area contributed by atoms with Crippen molar-refractivity contribution >= 4 is 5.91 Å². The summed E-state index contributed by atoms with van der Waals surface area (Å²) in [5.74, 6) is 1.19. The normalized spacial score (nSPS) is 18.6. The zero-order valence-corrected chi connectivity index (χ0v) is 11.7. The fourth-order valence-electron chi connectivity index (χ4n) is 2.85. The van der Waals surface area contributed by atoms with Gasteiger partial charge in [0, 0.05) is 31.5 Å². The minimum atomic E-state index is 0.187. The molecule has 0 aromatic carbocycles. The summed E-state index contributed by atoms with van der Waals surface area (Å²) in [6.07, 6.45) is 9.61. The maximum atomic E-state index is 12.4. The fourth-order valence-corrected chi connectivity index (χ4v) is 2.85. The van der Waals surface area contributed by atoms with Crippen LogP contribution in [0.1, 0.15) is 24.2 Å². The molecule has 1 fully saturated rings. The minimum absolute atomic E-state index is 0.187. The van der Waals surface area contributed by atoms with E-state index >= 15 is 0 Å². The van der Waals surface area contributed by atoms with Gasteiger partial charge in [-0.25, -0.2) is 4.98 Å². The Morgan fingerprint density at radius 2 is 2.45 bits per heavy atom. The summed E-state index contributed by atoms with van der Waals surface area (Å²) in [5, 5.41) is 0. The Labute approximate surface area is 118 Å². The Morgan fingerprint density at radius 1 is 1.55 bits per heavy atom. The predicted molar refractivity (Wildman–Crippen MR) is 74.1 cm³/mol. The maximum Gasteiger partial charge on any atom is 0.227 e. The first-order chi connectivity index (χ1) is 9.74. The average molecular weight is 273 g/mol. The summed E-state index contributed by atoms with van der Waals surface area (Å²) in [7, 11) is 0. The van der Waals surface area contributed by atoms with Crippen molar-refractivity contribution in [2.24, 2.45) is 0 Å². The van der Waals surface area contributed by atoms with Gasteiger partial charge in [-0.1, -0.05) is 0 Å². The third-order valence-electron chi connectivity index (χ3n) is 3.96. The van der Waals surface area contributed by atoms with Crippen molar-refractivity contribution in [3.05, 3.63) is 42.4 Å². The lowest BCUT2D eigenvalue weighted by molar-refractivity contribution is -0.131. The summed E-state index contributed by atoms with van der Waals surface area (Å²) < 4.78 is 7.14. The average Bonchev–Trinajstić information content (AvgIpc) is 3.13. The van der Waals surface area contributed by atoms with Crippen LogP contribution >= 0.6 is 0 Å². The van der Waals surface area contributed by atoms with Gasteiger partial charge in [0.05, 0.1) is 18.9 Å². The standard InChI is InChI=1S/C15H19N3O2/c1-12-16-5-7-17(12)10-14-3-2-6-18(14)15(19)9-13-4-8-20-11-13/h4-5,7-8,11,14H,2-3,6,9-10H2,1H3. The first-order valence-corrected chi connectivity index (χ1v) is 7.02. The zero-order chi connectivity index (χ0) is 13.9. The number of rotatable bonds is 4. The highest BCUT2D eigenvalue weighted by Gasteiger charge is 2.29. The second kappa shape index (κ2) is 5.53. The third-order valence-corrected chi connectivity index (χ3v) is 3.96. The lowest BCUT2D eigenvalue weighted by atomic mass is 10.2. The molecule has 1 aliphatic heterocycles. The molecule has 1 aliphatic rings. The second-order valence-electron chi connectivity index (χ2n) is 5.32. The molecule has 1 amide bonds. The van der Waals surface area contributed by atoms with E-state index in [1.807, 2.05) is 30.3 Å². The quantitative estimate of drug-likeness (QED) is 0.856. The molecule has 0 spiro atoms. The van der Waals surface area contributed by atoms with Gasteiger partial charge in [0.15, 0.2) is 0 Å². The van der Waals surface area contributed by atoms with Gasteiger partial charge in [-0.2, -0.15) is 0 Å². The van der Waals surface area contributed by atoms with Crippen molar-refractivity contribution in [1.82, 2.24) is 14.5 Å². The summed E-state index contributed by atoms with van der Waals surface area (Å²) in [6, 6.07) is 2.13. The van der Waals surface area contributed by atoms with Crippen LogP contribution in [0.25, 0.3) is 0 Å². The molecule has 0 aliphatic carbocycles. The van der Waals surface area contributed by atoms with Gasteiger partial charge < -0.3 is 13.9 Å². The number of furan rings is 1. The smallest absolute Gasteiger partial charge is 0.227 e. The van der Waals surface area contributed by atoms with E-state index in [-0.39, 0.29) is 11.9 Å². The number of likely N-dealkylation sites (tertiary alicyclic amines) is 1. The molecule has 106 valence electrons. The predicted octanol–water partition coefficient (Wildman–Crippen LogP) is 2.02. The Kier molecular flexibility index (Phi) is 3.58. The molecule has 1 unspecified atom stereocenters. The van der Waals surface area contributed by atoms with E-state index in [0.29, 0.717) is 6.42 Å². The summed E-state index contributed by atoms with van der Waals surface area (Å²) in [6.45, 7) is 3.69.